The van der Waals surface area contributed by atoms with Crippen LogP contribution < -0.4 is 24.8 Å². The van der Waals surface area contributed by atoms with Crippen LogP contribution >= 0.6 is 0 Å². The van der Waals surface area contributed by atoms with Crippen LogP contribution in [0.3, 0.4) is 0 Å². The van der Waals surface area contributed by atoms with Gasteiger partial charge in [-0.05, 0) is 0 Å². The molecule has 1 unspecified atom stereocenters. The summed E-state index contributed by atoms with van der Waals surface area (Å²) in [6.45, 7) is 5.04. The number of hydrogen-bond donors (Lipinski definition) is 0. The van der Waals surface area contributed by atoms with Crippen molar-refractivity contribution in [3.63, 3.8) is 0 Å². The fraction of sp³-hybridized carbons (Fsp3) is 0.250. The number of allylic oxidation sites excluding steroid dienone is 5. The van der Waals surface area contributed by atoms with Crippen molar-refractivity contribution in [1.82, 2.24) is 0 Å². The molecule has 20 heavy (non-hydrogen) atoms. The Kier molecular flexibility index (Phi) is 7.04. The average molecular weight is 357 g/mol. The molecule has 4 heteroatoms. The van der Waals surface area contributed by atoms with E-state index in [-0.39, 0.29) is 31.0 Å². The molecule has 0 nitrogen and oxygen atoms in total. The number of hydrogen-bond acceptors (Lipinski definition) is 0. The summed E-state index contributed by atoms with van der Waals surface area (Å²) >= 11 is -1.15. The molecule has 1 atom stereocenters. The molecule has 0 amide bonds. The molecule has 0 saturated heterocycles. The third kappa shape index (κ3) is 3.40. The van der Waals surface area contributed by atoms with Gasteiger partial charge in [0.2, 0.25) is 0 Å². The monoisotopic (exact) mass is 356 g/mol. The molecule has 0 bridgehead atoms. The van der Waals surface area contributed by atoms with Crippen molar-refractivity contribution in [2.24, 2.45) is 0 Å². The second-order valence-corrected chi connectivity index (χ2v) is 17.4. The summed E-state index contributed by atoms with van der Waals surface area (Å²) in [6, 6.07) is 8.97. The quantitative estimate of drug-likeness (QED) is 0.564. The van der Waals surface area contributed by atoms with Gasteiger partial charge in [-0.2, -0.15) is 0 Å². The summed E-state index contributed by atoms with van der Waals surface area (Å²) in [7, 11) is 0. The van der Waals surface area contributed by atoms with Gasteiger partial charge >= 0.3 is 116 Å². The Labute approximate surface area is 140 Å². The summed E-state index contributed by atoms with van der Waals surface area (Å²) in [5, 5.41) is 0. The predicted octanol–water partition coefficient (Wildman–Crippen LogP) is -1.52. The molecule has 0 aliphatic heterocycles. The fourth-order valence-electron chi connectivity index (χ4n) is 2.98. The zero-order chi connectivity index (χ0) is 12.5. The molecule has 0 spiro atoms. The maximum absolute atomic E-state index is 2.52. The molecule has 0 heterocycles. The Morgan fingerprint density at radius 2 is 1.90 bits per heavy atom. The molecule has 1 aromatic rings. The van der Waals surface area contributed by atoms with Gasteiger partial charge in [0, 0.05) is 0 Å². The van der Waals surface area contributed by atoms with Crippen molar-refractivity contribution in [2.75, 3.05) is 0 Å². The topological polar surface area (TPSA) is 0 Å². The molecule has 2 aliphatic carbocycles. The van der Waals surface area contributed by atoms with Crippen LogP contribution in [-0.4, -0.2) is 6.19 Å². The third-order valence-corrected chi connectivity index (χ3v) is 15.9. The molecule has 0 radical (unpaired) electrons. The molecule has 1 aromatic carbocycles. The molecular formula is C16H18Cl2SiTi. The maximum atomic E-state index is 2.52. The van der Waals surface area contributed by atoms with Crippen molar-refractivity contribution < 1.29 is 41.4 Å². The van der Waals surface area contributed by atoms with E-state index in [9.17, 15) is 0 Å². The van der Waals surface area contributed by atoms with E-state index >= 15 is 0 Å². The summed E-state index contributed by atoms with van der Waals surface area (Å²) in [5.74, 6) is 0. The van der Waals surface area contributed by atoms with Crippen LogP contribution in [0.25, 0.3) is 6.08 Å². The van der Waals surface area contributed by atoms with Crippen LogP contribution in [0.5, 0.6) is 0 Å². The molecule has 2 aliphatic rings. The van der Waals surface area contributed by atoms with E-state index in [1.54, 1.807) is 9.44 Å². The molecule has 0 saturated carbocycles. The number of benzene rings is 1. The first-order valence-electron chi connectivity index (χ1n) is 6.58. The summed E-state index contributed by atoms with van der Waals surface area (Å²) < 4.78 is 2.58. The minimum Gasteiger partial charge on any atom is -1.00 e. The first kappa shape index (κ1) is 18.0. The standard InChI is InChI=1S/C9H7.C5H5.C2H6Si.2ClH.Ti/c1-2-5-9-7-3-6-8(9)4-1;1-2-4-5-3-1;1-3-2;;;/h1-7H;1-3H,4H2;1-2H3;2*1H;/q;;;;;+2/p-2. The van der Waals surface area contributed by atoms with E-state index in [1.807, 2.05) is 0 Å². The molecule has 3 rings (SSSR count). The van der Waals surface area contributed by atoms with Gasteiger partial charge in [-0.15, -0.1) is 0 Å². The Bertz CT molecular complexity index is 611. The maximum Gasteiger partial charge on any atom is -1.00 e. The van der Waals surface area contributed by atoms with Crippen molar-refractivity contribution in [2.45, 2.75) is 23.7 Å². The molecule has 0 N–H and O–H groups in total. The first-order chi connectivity index (χ1) is 8.77. The fourth-order valence-corrected chi connectivity index (χ4v) is 14.9. The van der Waals surface area contributed by atoms with Gasteiger partial charge < -0.3 is 24.8 Å². The minimum absolute atomic E-state index is 0. The smallest absolute Gasteiger partial charge is 1.00 e. The molecule has 0 aromatic heterocycles. The Morgan fingerprint density at radius 1 is 1.15 bits per heavy atom. The Balaban J connectivity index is 0.000001000. The van der Waals surface area contributed by atoms with E-state index in [1.165, 1.54) is 12.0 Å². The third-order valence-electron chi connectivity index (χ3n) is 3.77. The van der Waals surface area contributed by atoms with Gasteiger partial charge in [0.05, 0.1) is 0 Å². The number of rotatable bonds is 2. The number of fused-ring (bicyclic) bond motifs is 1. The molecular weight excluding hydrogens is 339 g/mol. The van der Waals surface area contributed by atoms with Crippen molar-refractivity contribution in [3.05, 3.63) is 63.6 Å². The van der Waals surface area contributed by atoms with E-state index in [2.05, 4.69) is 67.7 Å². The largest absolute Gasteiger partial charge is 1.00 e. The number of halogens is 2. The van der Waals surface area contributed by atoms with E-state index in [0.29, 0.717) is 0 Å². The van der Waals surface area contributed by atoms with Crippen LogP contribution in [-0.2, 0) is 16.6 Å². The summed E-state index contributed by atoms with van der Waals surface area (Å²) in [4.78, 5) is 0. The van der Waals surface area contributed by atoms with Crippen molar-refractivity contribution >= 4 is 12.3 Å². The van der Waals surface area contributed by atoms with Crippen LogP contribution in [0, 0.1) is 0 Å². The van der Waals surface area contributed by atoms with E-state index in [0.717, 1.165) is 4.22 Å². The molecule has 0 fully saturated rings. The van der Waals surface area contributed by atoms with Gasteiger partial charge in [0.25, 0.3) is 0 Å². The minimum atomic E-state index is -1.15. The van der Waals surface area contributed by atoms with Crippen LogP contribution in [0.4, 0.5) is 0 Å². The Morgan fingerprint density at radius 3 is 2.55 bits per heavy atom. The Hall–Kier alpha value is -0.0488. The van der Waals surface area contributed by atoms with Gasteiger partial charge in [0.15, 0.2) is 0 Å². The van der Waals surface area contributed by atoms with Crippen molar-refractivity contribution in [3.8, 4) is 0 Å². The zero-order valence-electron chi connectivity index (χ0n) is 11.7. The zero-order valence-corrected chi connectivity index (χ0v) is 15.8. The van der Waals surface area contributed by atoms with E-state index < -0.39 is 16.6 Å². The second-order valence-electron chi connectivity index (χ2n) is 5.20. The van der Waals surface area contributed by atoms with Gasteiger partial charge in [0.1, 0.15) is 0 Å². The van der Waals surface area contributed by atoms with Gasteiger partial charge in [-0.3, -0.25) is 0 Å². The van der Waals surface area contributed by atoms with Gasteiger partial charge in [-0.25, -0.2) is 0 Å². The normalized spacial score (nSPS) is 17.4. The van der Waals surface area contributed by atoms with Gasteiger partial charge in [-0.1, -0.05) is 0 Å². The average Bonchev–Trinajstić information content (AvgIpc) is 3.00. The van der Waals surface area contributed by atoms with Crippen LogP contribution in [0.1, 0.15) is 21.8 Å². The first-order valence-corrected chi connectivity index (χ1v) is 13.1. The molecule has 104 valence electrons. The SMILES string of the molecule is C[Si](C)=[Ti+2]([C]1=CC=CC1)[CH]1C=Cc2ccccc21.[Cl-].[Cl-]. The predicted molar refractivity (Wildman–Crippen MR) is 77.5 cm³/mol. The van der Waals surface area contributed by atoms with Crippen LogP contribution in [0.15, 0.2) is 52.4 Å². The summed E-state index contributed by atoms with van der Waals surface area (Å²) in [6.07, 6.45) is 12.9. The second kappa shape index (κ2) is 7.82. The van der Waals surface area contributed by atoms with Crippen LogP contribution in [0.2, 0.25) is 13.1 Å². The van der Waals surface area contributed by atoms with Crippen molar-refractivity contribution in [1.29, 1.82) is 0 Å². The van der Waals surface area contributed by atoms with E-state index in [4.69, 9.17) is 0 Å². The summed E-state index contributed by atoms with van der Waals surface area (Å²) in [5.41, 5.74) is 3.06.